The first-order chi connectivity index (χ1) is 8.68. The first kappa shape index (κ1) is 11.3. The standard InChI is InChI=1S/C15H24N2O/c1-8-9(2)17(6-5-16-8)15(18)14-12-10-3-4-11(7-10)13(12)14/h8-14,16H,3-7H2,1-2H3. The summed E-state index contributed by atoms with van der Waals surface area (Å²) in [5, 5.41) is 3.46. The van der Waals surface area contributed by atoms with Gasteiger partial charge in [0.2, 0.25) is 5.91 Å². The summed E-state index contributed by atoms with van der Waals surface area (Å²) in [4.78, 5) is 14.9. The van der Waals surface area contributed by atoms with Gasteiger partial charge >= 0.3 is 0 Å². The largest absolute Gasteiger partial charge is 0.337 e. The summed E-state index contributed by atoms with van der Waals surface area (Å²) in [5.41, 5.74) is 0. The molecule has 0 aromatic heterocycles. The molecule has 0 radical (unpaired) electrons. The Morgan fingerprint density at radius 1 is 1.17 bits per heavy atom. The van der Waals surface area contributed by atoms with E-state index in [4.69, 9.17) is 0 Å². The van der Waals surface area contributed by atoms with Crippen molar-refractivity contribution in [2.45, 2.75) is 45.2 Å². The van der Waals surface area contributed by atoms with E-state index >= 15 is 0 Å². The number of nitrogens with one attached hydrogen (secondary N) is 1. The minimum atomic E-state index is 0.366. The number of amides is 1. The molecule has 1 amide bonds. The van der Waals surface area contributed by atoms with Crippen LogP contribution < -0.4 is 5.32 Å². The number of carbonyl (C=O) groups excluding carboxylic acids is 1. The summed E-state index contributed by atoms with van der Waals surface area (Å²) in [7, 11) is 0. The summed E-state index contributed by atoms with van der Waals surface area (Å²) >= 11 is 0. The van der Waals surface area contributed by atoms with Crippen LogP contribution in [0.4, 0.5) is 0 Å². The van der Waals surface area contributed by atoms with Gasteiger partial charge in [0.05, 0.1) is 0 Å². The SMILES string of the molecule is CC1NCCN(C(=O)C2C3C4CCC(C4)C23)C1C. The molecule has 18 heavy (non-hydrogen) atoms. The van der Waals surface area contributed by atoms with Gasteiger partial charge in [-0.1, -0.05) is 0 Å². The molecule has 1 aliphatic heterocycles. The van der Waals surface area contributed by atoms with Gasteiger partial charge in [-0.2, -0.15) is 0 Å². The summed E-state index contributed by atoms with van der Waals surface area (Å²) < 4.78 is 0. The molecule has 6 atom stereocenters. The molecule has 3 aliphatic carbocycles. The van der Waals surface area contributed by atoms with E-state index in [-0.39, 0.29) is 0 Å². The van der Waals surface area contributed by atoms with E-state index in [0.717, 1.165) is 36.8 Å². The minimum Gasteiger partial charge on any atom is -0.337 e. The fourth-order valence-corrected chi connectivity index (χ4v) is 5.21. The maximum absolute atomic E-state index is 12.7. The second-order valence-corrected chi connectivity index (χ2v) is 7.03. The highest BCUT2D eigenvalue weighted by Crippen LogP contribution is 2.69. The van der Waals surface area contributed by atoms with Gasteiger partial charge in [-0.15, -0.1) is 0 Å². The first-order valence-electron chi connectivity index (χ1n) is 7.72. The van der Waals surface area contributed by atoms with E-state index in [1.807, 2.05) is 0 Å². The van der Waals surface area contributed by atoms with Crippen molar-refractivity contribution in [3.8, 4) is 0 Å². The zero-order valence-corrected chi connectivity index (χ0v) is 11.4. The van der Waals surface area contributed by atoms with Gasteiger partial charge in [-0.3, -0.25) is 4.79 Å². The predicted molar refractivity (Wildman–Crippen MR) is 69.9 cm³/mol. The van der Waals surface area contributed by atoms with Crippen molar-refractivity contribution in [1.82, 2.24) is 10.2 Å². The van der Waals surface area contributed by atoms with E-state index < -0.39 is 0 Å². The fraction of sp³-hybridized carbons (Fsp3) is 0.933. The quantitative estimate of drug-likeness (QED) is 0.762. The zero-order chi connectivity index (χ0) is 12.4. The highest BCUT2D eigenvalue weighted by atomic mass is 16.2. The predicted octanol–water partition coefficient (Wildman–Crippen LogP) is 1.49. The molecule has 3 heteroatoms. The molecule has 4 fully saturated rings. The Hall–Kier alpha value is -0.570. The lowest BCUT2D eigenvalue weighted by Gasteiger charge is -2.39. The third-order valence-corrected chi connectivity index (χ3v) is 6.34. The van der Waals surface area contributed by atoms with Crippen molar-refractivity contribution < 1.29 is 4.79 Å². The maximum Gasteiger partial charge on any atom is 0.226 e. The molecule has 4 aliphatic rings. The van der Waals surface area contributed by atoms with Crippen molar-refractivity contribution in [3.05, 3.63) is 0 Å². The fourth-order valence-electron chi connectivity index (χ4n) is 5.21. The topological polar surface area (TPSA) is 32.3 Å². The molecule has 1 saturated heterocycles. The summed E-state index contributed by atoms with van der Waals surface area (Å²) in [6.07, 6.45) is 4.25. The average Bonchev–Trinajstić information content (AvgIpc) is 2.80. The first-order valence-corrected chi connectivity index (χ1v) is 7.72. The Morgan fingerprint density at radius 3 is 2.50 bits per heavy atom. The monoisotopic (exact) mass is 248 g/mol. The van der Waals surface area contributed by atoms with Gasteiger partial charge in [-0.05, 0) is 56.8 Å². The third-order valence-electron chi connectivity index (χ3n) is 6.34. The van der Waals surface area contributed by atoms with E-state index in [0.29, 0.717) is 23.9 Å². The number of piperazine rings is 1. The van der Waals surface area contributed by atoms with Crippen molar-refractivity contribution in [3.63, 3.8) is 0 Å². The van der Waals surface area contributed by atoms with Crippen LogP contribution in [0.2, 0.25) is 0 Å². The number of fused-ring (bicyclic) bond motifs is 5. The molecular formula is C15H24N2O. The highest BCUT2D eigenvalue weighted by molar-refractivity contribution is 5.83. The summed E-state index contributed by atoms with van der Waals surface area (Å²) in [6, 6.07) is 0.809. The minimum absolute atomic E-state index is 0.366. The second-order valence-electron chi connectivity index (χ2n) is 7.03. The van der Waals surface area contributed by atoms with E-state index in [1.165, 1.54) is 19.3 Å². The molecular weight excluding hydrogens is 224 g/mol. The number of hydrogen-bond donors (Lipinski definition) is 1. The number of rotatable bonds is 1. The van der Waals surface area contributed by atoms with Crippen molar-refractivity contribution in [1.29, 1.82) is 0 Å². The summed E-state index contributed by atoms with van der Waals surface area (Å²) in [6.45, 7) is 6.27. The molecule has 2 bridgehead atoms. The van der Waals surface area contributed by atoms with Crippen LogP contribution in [0.5, 0.6) is 0 Å². The van der Waals surface area contributed by atoms with Crippen LogP contribution in [0.3, 0.4) is 0 Å². The van der Waals surface area contributed by atoms with Crippen LogP contribution in [0.25, 0.3) is 0 Å². The smallest absolute Gasteiger partial charge is 0.226 e. The molecule has 6 unspecified atom stereocenters. The Morgan fingerprint density at radius 2 is 1.83 bits per heavy atom. The van der Waals surface area contributed by atoms with Crippen LogP contribution in [-0.4, -0.2) is 36.0 Å². The second kappa shape index (κ2) is 3.72. The van der Waals surface area contributed by atoms with E-state index in [1.54, 1.807) is 0 Å². The lowest BCUT2D eigenvalue weighted by Crippen LogP contribution is -2.57. The molecule has 1 N–H and O–H groups in total. The van der Waals surface area contributed by atoms with Gasteiger partial charge in [0.1, 0.15) is 0 Å². The summed E-state index contributed by atoms with van der Waals surface area (Å²) in [5.74, 6) is 4.29. The zero-order valence-electron chi connectivity index (χ0n) is 11.4. The number of nitrogens with zero attached hydrogens (tertiary/aromatic N) is 1. The van der Waals surface area contributed by atoms with Crippen molar-refractivity contribution in [2.75, 3.05) is 13.1 Å². The Balaban J connectivity index is 1.48. The Kier molecular flexibility index (Phi) is 2.33. The molecule has 0 spiro atoms. The third kappa shape index (κ3) is 1.37. The van der Waals surface area contributed by atoms with Crippen molar-refractivity contribution in [2.24, 2.45) is 29.6 Å². The van der Waals surface area contributed by atoms with E-state index in [2.05, 4.69) is 24.1 Å². The van der Waals surface area contributed by atoms with Gasteiger partial charge in [0, 0.05) is 31.1 Å². The van der Waals surface area contributed by atoms with Gasteiger partial charge < -0.3 is 10.2 Å². The van der Waals surface area contributed by atoms with Gasteiger partial charge in [-0.25, -0.2) is 0 Å². The molecule has 0 aromatic rings. The number of carbonyl (C=O) groups is 1. The van der Waals surface area contributed by atoms with Crippen LogP contribution in [0.1, 0.15) is 33.1 Å². The lowest BCUT2D eigenvalue weighted by molar-refractivity contribution is -0.137. The van der Waals surface area contributed by atoms with Crippen LogP contribution in [0.15, 0.2) is 0 Å². The van der Waals surface area contributed by atoms with Gasteiger partial charge in [0.25, 0.3) is 0 Å². The van der Waals surface area contributed by atoms with Crippen LogP contribution in [0, 0.1) is 29.6 Å². The van der Waals surface area contributed by atoms with Crippen molar-refractivity contribution >= 4 is 5.91 Å². The van der Waals surface area contributed by atoms with Crippen LogP contribution >= 0.6 is 0 Å². The highest BCUT2D eigenvalue weighted by Gasteiger charge is 2.68. The molecule has 4 rings (SSSR count). The molecule has 3 saturated carbocycles. The Labute approximate surface area is 109 Å². The molecule has 3 nitrogen and oxygen atoms in total. The number of hydrogen-bond acceptors (Lipinski definition) is 2. The molecule has 100 valence electrons. The van der Waals surface area contributed by atoms with E-state index in [9.17, 15) is 4.79 Å². The average molecular weight is 248 g/mol. The molecule has 1 heterocycles. The Bertz CT molecular complexity index is 367. The lowest BCUT2D eigenvalue weighted by atomic mass is 9.99. The normalized spacial score (nSPS) is 53.4. The van der Waals surface area contributed by atoms with Crippen LogP contribution in [-0.2, 0) is 4.79 Å². The van der Waals surface area contributed by atoms with Gasteiger partial charge in [0.15, 0.2) is 0 Å². The maximum atomic E-state index is 12.7. The molecule has 0 aromatic carbocycles.